The third-order valence-electron chi connectivity index (χ3n) is 7.70. The number of rotatable bonds is 3. The summed E-state index contributed by atoms with van der Waals surface area (Å²) in [6, 6.07) is 18.7. The van der Waals surface area contributed by atoms with Gasteiger partial charge in [-0.2, -0.15) is 0 Å². The van der Waals surface area contributed by atoms with Gasteiger partial charge >= 0.3 is 0 Å². The Hall–Kier alpha value is -2.84. The first-order chi connectivity index (χ1) is 16.8. The Labute approximate surface area is 213 Å². The number of nitrogens with zero attached hydrogens (tertiary/aromatic N) is 1. The van der Waals surface area contributed by atoms with Crippen LogP contribution >= 0.6 is 11.8 Å². The molecule has 1 nitrogen and oxygen atoms in total. The predicted octanol–water partition coefficient (Wildman–Crippen LogP) is 9.04. The van der Waals surface area contributed by atoms with Crippen LogP contribution in [-0.2, 0) is 13.5 Å². The molecule has 2 heterocycles. The highest BCUT2D eigenvalue weighted by molar-refractivity contribution is 8.00. The summed E-state index contributed by atoms with van der Waals surface area (Å²) in [4.78, 5) is 2.85. The van der Waals surface area contributed by atoms with E-state index in [2.05, 4.69) is 108 Å². The summed E-state index contributed by atoms with van der Waals surface area (Å²) in [5.41, 5.74) is 8.47. The van der Waals surface area contributed by atoms with E-state index >= 15 is 0 Å². The zero-order valence-corrected chi connectivity index (χ0v) is 22.7. The minimum Gasteiger partial charge on any atom is -0.200 e. The number of fused-ring (bicyclic) bond motifs is 5. The van der Waals surface area contributed by atoms with E-state index in [1.54, 1.807) is 0 Å². The lowest BCUT2D eigenvalue weighted by Crippen LogP contribution is -2.32. The van der Waals surface area contributed by atoms with Crippen LogP contribution in [0.25, 0.3) is 43.6 Å². The average Bonchev–Trinajstić information content (AvgIpc) is 2.81. The van der Waals surface area contributed by atoms with E-state index < -0.39 is 0 Å². The summed E-state index contributed by atoms with van der Waals surface area (Å²) in [6.07, 6.45) is 3.38. The molecule has 0 fully saturated rings. The molecule has 0 spiro atoms. The number of aromatic nitrogens is 1. The molecule has 0 atom stereocenters. The molecule has 0 N–H and O–H groups in total. The first kappa shape index (κ1) is 22.6. The molecule has 0 bridgehead atoms. The summed E-state index contributed by atoms with van der Waals surface area (Å²) in [6.45, 7) is 13.9. The van der Waals surface area contributed by atoms with Gasteiger partial charge in [-0.05, 0) is 76.4 Å². The van der Waals surface area contributed by atoms with E-state index in [0.29, 0.717) is 11.8 Å². The minimum atomic E-state index is 0.449. The number of hydrogen-bond donors (Lipinski definition) is 0. The summed E-state index contributed by atoms with van der Waals surface area (Å²) in [5.74, 6) is 1.08. The molecular weight excluding hydrogens is 442 g/mol. The van der Waals surface area contributed by atoms with E-state index in [1.807, 2.05) is 11.8 Å². The highest BCUT2D eigenvalue weighted by atomic mass is 32.2. The van der Waals surface area contributed by atoms with Crippen LogP contribution in [0.1, 0.15) is 55.9 Å². The molecule has 1 aliphatic heterocycles. The number of aryl methyl sites for hydroxylation is 3. The fourth-order valence-electron chi connectivity index (χ4n) is 6.18. The molecule has 35 heavy (non-hydrogen) atoms. The van der Waals surface area contributed by atoms with E-state index in [1.165, 1.54) is 75.6 Å². The van der Waals surface area contributed by atoms with Gasteiger partial charge in [0.05, 0.1) is 10.9 Å². The molecule has 4 aromatic carbocycles. The Bertz CT molecular complexity index is 1670. The molecule has 6 rings (SSSR count). The van der Waals surface area contributed by atoms with Crippen LogP contribution in [0.2, 0.25) is 0 Å². The van der Waals surface area contributed by atoms with Crippen molar-refractivity contribution in [3.63, 3.8) is 0 Å². The highest BCUT2D eigenvalue weighted by Gasteiger charge is 2.33. The van der Waals surface area contributed by atoms with Crippen LogP contribution in [-0.4, -0.2) is 0 Å². The fraction of sp³-hybridized carbons (Fsp3) is 0.303. The van der Waals surface area contributed by atoms with Crippen LogP contribution in [0, 0.1) is 19.8 Å². The molecule has 0 saturated heterocycles. The lowest BCUT2D eigenvalue weighted by molar-refractivity contribution is -0.659. The largest absolute Gasteiger partial charge is 0.222 e. The molecular formula is C33H34NS+. The van der Waals surface area contributed by atoms with Crippen molar-refractivity contribution in [2.45, 2.75) is 63.7 Å². The lowest BCUT2D eigenvalue weighted by Gasteiger charge is -2.27. The molecule has 0 radical (unpaired) electrons. The van der Waals surface area contributed by atoms with Crippen LogP contribution in [0.4, 0.5) is 0 Å². The third-order valence-corrected chi connectivity index (χ3v) is 8.87. The molecule has 0 unspecified atom stereocenters. The van der Waals surface area contributed by atoms with Crippen molar-refractivity contribution in [2.24, 2.45) is 13.0 Å². The third kappa shape index (κ3) is 3.33. The quantitative estimate of drug-likeness (QED) is 0.182. The normalized spacial score (nSPS) is 12.9. The average molecular weight is 477 g/mol. The second kappa shape index (κ2) is 8.10. The molecule has 5 aromatic rings. The van der Waals surface area contributed by atoms with Gasteiger partial charge < -0.3 is 0 Å². The Morgan fingerprint density at radius 3 is 2.37 bits per heavy atom. The first-order valence-electron chi connectivity index (χ1n) is 12.9. The van der Waals surface area contributed by atoms with E-state index in [0.717, 1.165) is 6.42 Å². The van der Waals surface area contributed by atoms with Gasteiger partial charge in [0.25, 0.3) is 0 Å². The van der Waals surface area contributed by atoms with Crippen molar-refractivity contribution in [3.8, 4) is 11.3 Å². The van der Waals surface area contributed by atoms with Gasteiger partial charge in [-0.25, -0.2) is 4.57 Å². The topological polar surface area (TPSA) is 3.88 Å². The van der Waals surface area contributed by atoms with Gasteiger partial charge in [0.15, 0.2) is 6.20 Å². The molecule has 0 aliphatic carbocycles. The lowest BCUT2D eigenvalue weighted by atomic mass is 9.86. The second-order valence-corrected chi connectivity index (χ2v) is 12.1. The maximum atomic E-state index is 2.49. The maximum absolute atomic E-state index is 2.49. The standard InChI is InChI=1S/C33H34NS/c1-18(2)15-22-9-8-10-23-25-13-14-34(7)32-30-21(6)26-16-20(5)11-12-24(26)29(19(3)4)33(30)35-28(31(25)32)17-27(22)23/h8-14,16-19H,15H2,1-7H3/q+1. The smallest absolute Gasteiger partial charge is 0.200 e. The molecule has 1 aliphatic rings. The van der Waals surface area contributed by atoms with Crippen molar-refractivity contribution in [1.29, 1.82) is 0 Å². The highest BCUT2D eigenvalue weighted by Crippen LogP contribution is 2.54. The minimum absolute atomic E-state index is 0.449. The Morgan fingerprint density at radius 2 is 1.63 bits per heavy atom. The van der Waals surface area contributed by atoms with E-state index in [9.17, 15) is 0 Å². The van der Waals surface area contributed by atoms with Gasteiger partial charge in [0.2, 0.25) is 5.69 Å². The van der Waals surface area contributed by atoms with Gasteiger partial charge in [0, 0.05) is 21.2 Å². The molecule has 2 heteroatoms. The van der Waals surface area contributed by atoms with Gasteiger partial charge in [-0.1, -0.05) is 81.4 Å². The van der Waals surface area contributed by atoms with Gasteiger partial charge in [0.1, 0.15) is 7.05 Å². The number of pyridine rings is 1. The SMILES string of the molecule is Cc1ccc2c(C(C)C)c3c(c(C)c2c1)-c1c2c(cc4c(CC(C)C)cccc4c2cc[n+]1C)S3. The van der Waals surface area contributed by atoms with Crippen LogP contribution < -0.4 is 4.57 Å². The summed E-state index contributed by atoms with van der Waals surface area (Å²) in [5, 5.41) is 8.39. The van der Waals surface area contributed by atoms with Crippen LogP contribution in [0.3, 0.4) is 0 Å². The zero-order valence-electron chi connectivity index (χ0n) is 21.9. The summed E-state index contributed by atoms with van der Waals surface area (Å²) >= 11 is 2.00. The summed E-state index contributed by atoms with van der Waals surface area (Å²) in [7, 11) is 2.21. The van der Waals surface area contributed by atoms with Gasteiger partial charge in [-0.3, -0.25) is 0 Å². The van der Waals surface area contributed by atoms with Crippen molar-refractivity contribution in [1.82, 2.24) is 0 Å². The van der Waals surface area contributed by atoms with E-state index in [-0.39, 0.29) is 0 Å². The van der Waals surface area contributed by atoms with E-state index in [4.69, 9.17) is 0 Å². The molecule has 0 saturated carbocycles. The van der Waals surface area contributed by atoms with Gasteiger partial charge in [-0.15, -0.1) is 0 Å². The van der Waals surface area contributed by atoms with Crippen molar-refractivity contribution in [3.05, 3.63) is 77.0 Å². The first-order valence-corrected chi connectivity index (χ1v) is 13.7. The van der Waals surface area contributed by atoms with Crippen LogP contribution in [0.15, 0.2) is 64.5 Å². The Morgan fingerprint density at radius 1 is 0.829 bits per heavy atom. The summed E-state index contributed by atoms with van der Waals surface area (Å²) < 4.78 is 2.35. The van der Waals surface area contributed by atoms with Crippen LogP contribution in [0.5, 0.6) is 0 Å². The van der Waals surface area contributed by atoms with Crippen molar-refractivity contribution in [2.75, 3.05) is 0 Å². The molecule has 0 amide bonds. The molecule has 176 valence electrons. The fourth-order valence-corrected chi connectivity index (χ4v) is 7.70. The number of hydrogen-bond acceptors (Lipinski definition) is 1. The Balaban J connectivity index is 1.80. The monoisotopic (exact) mass is 476 g/mol. The predicted molar refractivity (Wildman–Crippen MR) is 152 cm³/mol. The molecule has 1 aromatic heterocycles. The maximum Gasteiger partial charge on any atom is 0.222 e. The second-order valence-electron chi connectivity index (χ2n) is 11.1. The van der Waals surface area contributed by atoms with Crippen molar-refractivity contribution < 1.29 is 4.57 Å². The Kier molecular flexibility index (Phi) is 5.23. The number of benzene rings is 4. The zero-order chi connectivity index (χ0) is 24.6. The van der Waals surface area contributed by atoms with Crippen molar-refractivity contribution >= 4 is 44.1 Å².